The summed E-state index contributed by atoms with van der Waals surface area (Å²) in [5, 5.41) is 2.54. The summed E-state index contributed by atoms with van der Waals surface area (Å²) < 4.78 is 1.15. The molecule has 20 heavy (non-hydrogen) atoms. The lowest BCUT2D eigenvalue weighted by Gasteiger charge is -2.31. The lowest BCUT2D eigenvalue weighted by Crippen LogP contribution is -2.33. The highest BCUT2D eigenvalue weighted by Crippen LogP contribution is 2.35. The maximum Gasteiger partial charge on any atom is 0.0406 e. The third-order valence-corrected chi connectivity index (χ3v) is 6.63. The van der Waals surface area contributed by atoms with Crippen LogP contribution in [0.1, 0.15) is 11.1 Å². The van der Waals surface area contributed by atoms with Crippen LogP contribution < -0.4 is 0 Å². The Kier molecular flexibility index (Phi) is 6.15. The minimum absolute atomic E-state index is 0.00840. The minimum Gasteiger partial charge on any atom is -0.0918 e. The van der Waals surface area contributed by atoms with Gasteiger partial charge in [0.2, 0.25) is 0 Å². The van der Waals surface area contributed by atoms with Crippen molar-refractivity contribution in [2.24, 2.45) is 0 Å². The van der Waals surface area contributed by atoms with E-state index in [1.807, 2.05) is 18.2 Å². The Hall–Kier alpha value is 0.170. The lowest BCUT2D eigenvalue weighted by molar-refractivity contribution is 0.550. The Morgan fingerprint density at radius 1 is 0.900 bits per heavy atom. The Bertz CT molecular complexity index is 562. The maximum absolute atomic E-state index is 6.00. The molecule has 0 aliphatic rings. The van der Waals surface area contributed by atoms with Crippen molar-refractivity contribution in [1.29, 1.82) is 0 Å². The maximum atomic E-state index is 6.00. The van der Waals surface area contributed by atoms with Gasteiger partial charge in [0, 0.05) is 25.6 Å². The Morgan fingerprint density at radius 2 is 1.50 bits per heavy atom. The van der Waals surface area contributed by atoms with E-state index >= 15 is 0 Å². The molecule has 2 aromatic rings. The van der Waals surface area contributed by atoms with E-state index in [0.29, 0.717) is 0 Å². The average molecular weight is 481 g/mol. The Morgan fingerprint density at radius 3 is 2.05 bits per heavy atom. The van der Waals surface area contributed by atoms with Crippen LogP contribution in [0.5, 0.6) is 0 Å². The van der Waals surface area contributed by atoms with Gasteiger partial charge in [-0.2, -0.15) is 0 Å². The molecule has 0 fully saturated rings. The Balaban J connectivity index is 2.39. The molecule has 4 heteroatoms. The lowest BCUT2D eigenvalue weighted by atomic mass is 9.79. The zero-order valence-corrected chi connectivity index (χ0v) is 16.3. The molecule has 0 atom stereocenters. The first-order valence-electron chi connectivity index (χ1n) is 6.23. The summed E-state index contributed by atoms with van der Waals surface area (Å²) in [4.78, 5) is 0. The molecule has 0 bridgehead atoms. The monoisotopic (exact) mass is 478 g/mol. The highest BCUT2D eigenvalue weighted by molar-refractivity contribution is 9.10. The van der Waals surface area contributed by atoms with Gasteiger partial charge in [0.15, 0.2) is 0 Å². The molecule has 0 unspecified atom stereocenters. The van der Waals surface area contributed by atoms with Gasteiger partial charge in [0.25, 0.3) is 0 Å². The zero-order valence-electron chi connectivity index (χ0n) is 10.8. The van der Waals surface area contributed by atoms with Crippen molar-refractivity contribution in [1.82, 2.24) is 0 Å². The molecule has 0 nitrogen and oxygen atoms in total. The summed E-state index contributed by atoms with van der Waals surface area (Å²) >= 11 is 17.0. The summed E-state index contributed by atoms with van der Waals surface area (Å²) in [5.41, 5.74) is 2.60. The number of benzene rings is 2. The highest BCUT2D eigenvalue weighted by Gasteiger charge is 2.31. The molecule has 2 rings (SSSR count). The first-order valence-corrected chi connectivity index (χ1v) is 9.64. The fourth-order valence-corrected chi connectivity index (χ4v) is 4.72. The molecule has 0 heterocycles. The van der Waals surface area contributed by atoms with Gasteiger partial charge in [0.05, 0.1) is 0 Å². The summed E-state index contributed by atoms with van der Waals surface area (Å²) in [5.74, 6) is 0. The molecule has 0 aliphatic heterocycles. The third kappa shape index (κ3) is 3.68. The van der Waals surface area contributed by atoms with Gasteiger partial charge in [-0.05, 0) is 35.7 Å². The molecule has 106 valence electrons. The van der Waals surface area contributed by atoms with E-state index < -0.39 is 0 Å². The van der Waals surface area contributed by atoms with Gasteiger partial charge in [-0.1, -0.05) is 89.7 Å². The van der Waals surface area contributed by atoms with E-state index in [0.717, 1.165) is 26.6 Å². The summed E-state index contributed by atoms with van der Waals surface area (Å²) in [6.45, 7) is 0. The van der Waals surface area contributed by atoms with Crippen molar-refractivity contribution in [2.75, 3.05) is 10.7 Å². The standard InChI is InChI=1S/C16H14Br3Cl/c17-10-16(11-18,13-5-7-14(20)8-6-13)9-12-3-1-2-4-15(12)19/h1-8H,9-11H2. The van der Waals surface area contributed by atoms with E-state index in [1.54, 1.807) is 0 Å². The first-order chi connectivity index (χ1) is 9.61. The molecule has 0 spiro atoms. The third-order valence-electron chi connectivity index (χ3n) is 3.45. The Labute approximate surface area is 150 Å². The number of rotatable bonds is 5. The van der Waals surface area contributed by atoms with Gasteiger partial charge >= 0.3 is 0 Å². The largest absolute Gasteiger partial charge is 0.0918 e. The van der Waals surface area contributed by atoms with Gasteiger partial charge in [-0.3, -0.25) is 0 Å². The molecule has 0 radical (unpaired) electrons. The van der Waals surface area contributed by atoms with Crippen molar-refractivity contribution >= 4 is 59.4 Å². The normalized spacial score (nSPS) is 11.6. The average Bonchev–Trinajstić information content (AvgIpc) is 2.48. The van der Waals surface area contributed by atoms with Crippen LogP contribution in [0.3, 0.4) is 0 Å². The van der Waals surface area contributed by atoms with Crippen LogP contribution in [0.2, 0.25) is 5.02 Å². The van der Waals surface area contributed by atoms with E-state index in [1.165, 1.54) is 11.1 Å². The SMILES string of the molecule is Clc1ccc(C(CBr)(CBr)Cc2ccccc2Br)cc1. The van der Waals surface area contributed by atoms with Crippen LogP contribution in [-0.4, -0.2) is 10.7 Å². The molecular weight excluding hydrogens is 467 g/mol. The number of hydrogen-bond donors (Lipinski definition) is 0. The van der Waals surface area contributed by atoms with Crippen molar-refractivity contribution in [2.45, 2.75) is 11.8 Å². The first kappa shape index (κ1) is 16.5. The molecule has 0 aromatic heterocycles. The molecular formula is C16H14Br3Cl. The summed E-state index contributed by atoms with van der Waals surface area (Å²) in [6.07, 6.45) is 0.951. The molecule has 0 aliphatic carbocycles. The highest BCUT2D eigenvalue weighted by atomic mass is 79.9. The number of alkyl halides is 2. The van der Waals surface area contributed by atoms with Crippen LogP contribution >= 0.6 is 59.4 Å². The van der Waals surface area contributed by atoms with Gasteiger partial charge in [-0.25, -0.2) is 0 Å². The minimum atomic E-state index is 0.00840. The van der Waals surface area contributed by atoms with Crippen LogP contribution in [0, 0.1) is 0 Å². The van der Waals surface area contributed by atoms with Gasteiger partial charge < -0.3 is 0 Å². The number of halogens is 4. The second-order valence-electron chi connectivity index (χ2n) is 4.82. The fraction of sp³-hybridized carbons (Fsp3) is 0.250. The van der Waals surface area contributed by atoms with Crippen LogP contribution in [0.25, 0.3) is 0 Å². The molecule has 2 aromatic carbocycles. The second-order valence-corrected chi connectivity index (χ2v) is 7.23. The van der Waals surface area contributed by atoms with E-state index in [4.69, 9.17) is 11.6 Å². The zero-order chi connectivity index (χ0) is 14.6. The van der Waals surface area contributed by atoms with Crippen molar-refractivity contribution in [3.05, 3.63) is 69.2 Å². The summed E-state index contributed by atoms with van der Waals surface area (Å²) in [7, 11) is 0. The second kappa shape index (κ2) is 7.44. The van der Waals surface area contributed by atoms with Gasteiger partial charge in [-0.15, -0.1) is 0 Å². The predicted octanol–water partition coefficient (Wildman–Crippen LogP) is 6.37. The van der Waals surface area contributed by atoms with E-state index in [9.17, 15) is 0 Å². The number of hydrogen-bond acceptors (Lipinski definition) is 0. The topological polar surface area (TPSA) is 0 Å². The molecule has 0 saturated heterocycles. The summed E-state index contributed by atoms with van der Waals surface area (Å²) in [6, 6.07) is 16.5. The van der Waals surface area contributed by atoms with Crippen LogP contribution in [0.4, 0.5) is 0 Å². The van der Waals surface area contributed by atoms with E-state index in [-0.39, 0.29) is 5.41 Å². The molecule has 0 saturated carbocycles. The molecule has 0 amide bonds. The van der Waals surface area contributed by atoms with Crippen LogP contribution in [-0.2, 0) is 11.8 Å². The fourth-order valence-electron chi connectivity index (χ4n) is 2.20. The predicted molar refractivity (Wildman–Crippen MR) is 98.6 cm³/mol. The smallest absolute Gasteiger partial charge is 0.0406 e. The molecule has 0 N–H and O–H groups in total. The van der Waals surface area contributed by atoms with Crippen LogP contribution in [0.15, 0.2) is 53.0 Å². The van der Waals surface area contributed by atoms with E-state index in [2.05, 4.69) is 78.1 Å². The van der Waals surface area contributed by atoms with Crippen molar-refractivity contribution in [3.8, 4) is 0 Å². The van der Waals surface area contributed by atoms with Gasteiger partial charge in [0.1, 0.15) is 0 Å². The van der Waals surface area contributed by atoms with Crippen molar-refractivity contribution < 1.29 is 0 Å². The van der Waals surface area contributed by atoms with Crippen molar-refractivity contribution in [3.63, 3.8) is 0 Å². The quantitative estimate of drug-likeness (QED) is 0.435.